The summed E-state index contributed by atoms with van der Waals surface area (Å²) in [6.07, 6.45) is 0. The summed E-state index contributed by atoms with van der Waals surface area (Å²) in [5, 5.41) is 9.31. The summed E-state index contributed by atoms with van der Waals surface area (Å²) in [6, 6.07) is 90.4. The third-order valence-corrected chi connectivity index (χ3v) is 22.1. The maximum Gasteiger partial charge on any atom is 0.164 e. The zero-order valence-electron chi connectivity index (χ0n) is 53.8. The Balaban J connectivity index is 0.000000139. The summed E-state index contributed by atoms with van der Waals surface area (Å²) in [5.74, 6) is 1.87. The van der Waals surface area contributed by atoms with Crippen LogP contribution in [0.4, 0.5) is 0 Å². The number of hydrogen-bond donors (Lipinski definition) is 0. The van der Waals surface area contributed by atoms with Crippen molar-refractivity contribution in [2.24, 2.45) is 0 Å². The topological polar surface area (TPSA) is 83.0 Å². The van der Waals surface area contributed by atoms with Gasteiger partial charge in [0.05, 0.1) is 11.0 Å². The standard InChI is InChI=1S/C45H33N3O2.C42H33NO/c1-44(2)34-25-27(21-22-28(34)30-23-24-31-29-15-8-10-18-35(29)50-40(31)39(30)45(44,3)4)42-46-41(26-13-6-5-7-14-26)47-43(48-42)33-17-12-20-37-38(33)32-16-9-11-19-36(32)49-37;1-41(2)35-23-27(26-17-20-28(21-18-26)43-37-14-8-5-11-30(37)31-12-6-9-15-38(31)43)19-22-29(35)33-25-40-34(24-36(33)42(41,3)4)32-13-7-10-16-39(32)44-40/h5-25H,1-4H3;5-25H,1-4H3. The Morgan fingerprint density at radius 2 is 0.755 bits per heavy atom. The molecule has 2 aliphatic carbocycles. The molecule has 0 unspecified atom stereocenters. The summed E-state index contributed by atoms with van der Waals surface area (Å²) < 4.78 is 21.6. The number of hydrogen-bond acceptors (Lipinski definition) is 6. The minimum Gasteiger partial charge on any atom is -0.456 e. The first-order chi connectivity index (χ1) is 45.6. The van der Waals surface area contributed by atoms with Gasteiger partial charge in [-0.15, -0.1) is 0 Å². The van der Waals surface area contributed by atoms with Crippen molar-refractivity contribution < 1.29 is 13.3 Å². The normalized spacial score (nSPS) is 14.9. The van der Waals surface area contributed by atoms with Crippen LogP contribution < -0.4 is 0 Å². The zero-order valence-corrected chi connectivity index (χ0v) is 53.8. The van der Waals surface area contributed by atoms with Crippen LogP contribution in [-0.2, 0) is 21.7 Å². The predicted molar refractivity (Wildman–Crippen MR) is 387 cm³/mol. The van der Waals surface area contributed by atoms with Crippen molar-refractivity contribution >= 4 is 87.6 Å². The van der Waals surface area contributed by atoms with Gasteiger partial charge in [0, 0.05) is 76.4 Å². The molecule has 5 aromatic heterocycles. The molecule has 452 valence electrons. The van der Waals surface area contributed by atoms with Crippen LogP contribution in [-0.4, -0.2) is 19.5 Å². The Morgan fingerprint density at radius 1 is 0.277 bits per heavy atom. The zero-order chi connectivity index (χ0) is 63.6. The van der Waals surface area contributed by atoms with Gasteiger partial charge < -0.3 is 17.8 Å². The molecule has 2 aliphatic rings. The molecule has 12 aromatic carbocycles. The molecular weight excluding hydrogens is 1150 g/mol. The Kier molecular flexibility index (Phi) is 11.9. The lowest BCUT2D eigenvalue weighted by Crippen LogP contribution is -2.43. The van der Waals surface area contributed by atoms with E-state index < -0.39 is 0 Å². The summed E-state index contributed by atoms with van der Waals surface area (Å²) in [7, 11) is 0. The summed E-state index contributed by atoms with van der Waals surface area (Å²) in [6.45, 7) is 19.0. The van der Waals surface area contributed by atoms with Crippen LogP contribution in [0.1, 0.15) is 77.6 Å². The highest BCUT2D eigenvalue weighted by Crippen LogP contribution is 2.58. The smallest absolute Gasteiger partial charge is 0.164 e. The van der Waals surface area contributed by atoms with E-state index in [1.54, 1.807) is 0 Å². The van der Waals surface area contributed by atoms with Crippen molar-refractivity contribution in [3.05, 3.63) is 277 Å². The van der Waals surface area contributed by atoms with Crippen LogP contribution in [0.15, 0.2) is 268 Å². The lowest BCUT2D eigenvalue weighted by atomic mass is 9.55. The fraction of sp³-hybridized carbons (Fsp3) is 0.138. The minimum atomic E-state index is -0.252. The SMILES string of the molecule is CC1(C)c2cc(-c3ccc(-n4c5ccccc5c5ccccc54)cc3)ccc2-c2cc3oc4ccccc4c3cc2C1(C)C.CC1(C)c2cc(-c3nc(-c4ccccc4)nc(-c4cccc5oc6ccccc6c45)n3)ccc2-c2ccc3c(oc4ccccc43)c2C1(C)C. The van der Waals surface area contributed by atoms with Crippen molar-refractivity contribution in [3.63, 3.8) is 0 Å². The van der Waals surface area contributed by atoms with E-state index in [0.29, 0.717) is 17.5 Å². The lowest BCUT2D eigenvalue weighted by molar-refractivity contribution is 0.299. The predicted octanol–water partition coefficient (Wildman–Crippen LogP) is 23.5. The molecule has 7 nitrogen and oxygen atoms in total. The second-order valence-electron chi connectivity index (χ2n) is 27.8. The van der Waals surface area contributed by atoms with Gasteiger partial charge >= 0.3 is 0 Å². The van der Waals surface area contributed by atoms with E-state index in [1.807, 2.05) is 72.8 Å². The first-order valence-corrected chi connectivity index (χ1v) is 32.6. The number of furan rings is 3. The monoisotopic (exact) mass is 1210 g/mol. The number of rotatable bonds is 5. The van der Waals surface area contributed by atoms with E-state index in [9.17, 15) is 0 Å². The molecule has 17 aromatic rings. The van der Waals surface area contributed by atoms with Gasteiger partial charge in [0.25, 0.3) is 0 Å². The molecule has 0 saturated heterocycles. The molecule has 0 fully saturated rings. The molecule has 0 N–H and O–H groups in total. The third-order valence-electron chi connectivity index (χ3n) is 22.1. The fourth-order valence-corrected chi connectivity index (χ4v) is 15.7. The second kappa shape index (κ2) is 20.2. The summed E-state index contributed by atoms with van der Waals surface area (Å²) >= 11 is 0. The number of aromatic nitrogens is 4. The first-order valence-electron chi connectivity index (χ1n) is 32.6. The van der Waals surface area contributed by atoms with Crippen LogP contribution in [0.2, 0.25) is 0 Å². The third kappa shape index (κ3) is 8.06. The maximum atomic E-state index is 6.62. The fourth-order valence-electron chi connectivity index (χ4n) is 15.7. The van der Waals surface area contributed by atoms with Crippen LogP contribution >= 0.6 is 0 Å². The van der Waals surface area contributed by atoms with Crippen molar-refractivity contribution in [2.45, 2.75) is 77.0 Å². The average molecular weight is 1220 g/mol. The van der Waals surface area contributed by atoms with Crippen LogP contribution in [0.25, 0.3) is 161 Å². The molecule has 0 bridgehead atoms. The molecule has 0 atom stereocenters. The van der Waals surface area contributed by atoms with Gasteiger partial charge in [-0.2, -0.15) is 0 Å². The molecule has 7 heteroatoms. The highest BCUT2D eigenvalue weighted by Gasteiger charge is 2.49. The molecule has 0 radical (unpaired) electrons. The van der Waals surface area contributed by atoms with Gasteiger partial charge in [0.1, 0.15) is 33.5 Å². The van der Waals surface area contributed by atoms with Crippen LogP contribution in [0, 0.1) is 0 Å². The van der Waals surface area contributed by atoms with E-state index in [0.717, 1.165) is 71.7 Å². The van der Waals surface area contributed by atoms with Gasteiger partial charge in [-0.1, -0.05) is 231 Å². The maximum absolute atomic E-state index is 6.62. The van der Waals surface area contributed by atoms with Gasteiger partial charge in [-0.25, -0.2) is 15.0 Å². The number of fused-ring (bicyclic) bond motifs is 19. The average Bonchev–Trinajstić information content (AvgIpc) is 1.04. The molecule has 0 aliphatic heterocycles. The van der Waals surface area contributed by atoms with Crippen molar-refractivity contribution in [2.75, 3.05) is 0 Å². The van der Waals surface area contributed by atoms with Crippen LogP contribution in [0.5, 0.6) is 0 Å². The van der Waals surface area contributed by atoms with Crippen molar-refractivity contribution in [1.82, 2.24) is 19.5 Å². The van der Waals surface area contributed by atoms with E-state index in [-0.39, 0.29) is 21.7 Å². The highest BCUT2D eigenvalue weighted by atomic mass is 16.3. The molecule has 5 heterocycles. The molecule has 94 heavy (non-hydrogen) atoms. The van der Waals surface area contributed by atoms with E-state index in [2.05, 4.69) is 242 Å². The van der Waals surface area contributed by atoms with Gasteiger partial charge in [-0.05, 0) is 145 Å². The molecular formula is C87H66N4O3. The minimum absolute atomic E-state index is 0.0819. The summed E-state index contributed by atoms with van der Waals surface area (Å²) in [4.78, 5) is 15.4. The largest absolute Gasteiger partial charge is 0.456 e. The van der Waals surface area contributed by atoms with Crippen molar-refractivity contribution in [3.8, 4) is 73.2 Å². The molecule has 0 saturated carbocycles. The lowest BCUT2D eigenvalue weighted by Gasteiger charge is -2.48. The van der Waals surface area contributed by atoms with E-state index in [1.165, 1.54) is 93.9 Å². The number of benzene rings is 12. The summed E-state index contributed by atoms with van der Waals surface area (Å²) in [5.41, 5.74) is 24.0. The highest BCUT2D eigenvalue weighted by molar-refractivity contribution is 6.13. The first kappa shape index (κ1) is 55.7. The second-order valence-corrected chi connectivity index (χ2v) is 27.8. The molecule has 19 rings (SSSR count). The van der Waals surface area contributed by atoms with Gasteiger partial charge in [0.2, 0.25) is 0 Å². The Morgan fingerprint density at radius 3 is 1.44 bits per heavy atom. The number of nitrogens with zero attached hydrogens (tertiary/aromatic N) is 4. The van der Waals surface area contributed by atoms with Crippen LogP contribution in [0.3, 0.4) is 0 Å². The van der Waals surface area contributed by atoms with E-state index >= 15 is 0 Å². The molecule has 0 spiro atoms. The Hall–Kier alpha value is -11.2. The molecule has 0 amide bonds. The Bertz CT molecular complexity index is 5940. The number of para-hydroxylation sites is 5. The quantitative estimate of drug-likeness (QED) is 0.171. The van der Waals surface area contributed by atoms with Crippen molar-refractivity contribution in [1.29, 1.82) is 0 Å². The van der Waals surface area contributed by atoms with Gasteiger partial charge in [-0.3, -0.25) is 0 Å². The van der Waals surface area contributed by atoms with E-state index in [4.69, 9.17) is 28.2 Å². The Labute approximate surface area is 544 Å². The van der Waals surface area contributed by atoms with Gasteiger partial charge in [0.15, 0.2) is 17.5 Å².